The van der Waals surface area contributed by atoms with Gasteiger partial charge in [0.2, 0.25) is 0 Å². The van der Waals surface area contributed by atoms with E-state index in [0.717, 1.165) is 11.8 Å². The molecule has 0 aliphatic carbocycles. The zero-order valence-electron chi connectivity index (χ0n) is 11.3. The number of nitrogens with zero attached hydrogens (tertiary/aromatic N) is 1. The molecule has 1 N–H and O–H groups in total. The third kappa shape index (κ3) is 4.41. The SMILES string of the molecule is CCOC(=O)C(C(C)=O)/C(SC)=C(\C#N)C(=O)NC. The van der Waals surface area contributed by atoms with E-state index < -0.39 is 23.6 Å². The summed E-state index contributed by atoms with van der Waals surface area (Å²) in [6, 6.07) is 1.72. The van der Waals surface area contributed by atoms with Crippen molar-refractivity contribution in [2.45, 2.75) is 13.8 Å². The van der Waals surface area contributed by atoms with Crippen LogP contribution in [0.3, 0.4) is 0 Å². The lowest BCUT2D eigenvalue weighted by Crippen LogP contribution is -2.29. The smallest absolute Gasteiger partial charge is 0.321 e. The van der Waals surface area contributed by atoms with E-state index in [-0.39, 0.29) is 17.1 Å². The van der Waals surface area contributed by atoms with E-state index in [4.69, 9.17) is 10.00 Å². The average Bonchev–Trinajstić information content (AvgIpc) is 2.37. The molecule has 0 bridgehead atoms. The van der Waals surface area contributed by atoms with Gasteiger partial charge in [-0.2, -0.15) is 5.26 Å². The van der Waals surface area contributed by atoms with Crippen molar-refractivity contribution in [3.05, 3.63) is 10.5 Å². The van der Waals surface area contributed by atoms with Gasteiger partial charge in [0.25, 0.3) is 5.91 Å². The summed E-state index contributed by atoms with van der Waals surface area (Å²) in [6.07, 6.45) is 1.59. The fourth-order valence-corrected chi connectivity index (χ4v) is 2.23. The fourth-order valence-electron chi connectivity index (χ4n) is 1.39. The molecule has 0 aromatic heterocycles. The van der Waals surface area contributed by atoms with Gasteiger partial charge in [-0.15, -0.1) is 11.8 Å². The molecule has 0 heterocycles. The number of hydrogen-bond acceptors (Lipinski definition) is 6. The highest BCUT2D eigenvalue weighted by atomic mass is 32.2. The molecule has 7 heteroatoms. The van der Waals surface area contributed by atoms with Crippen LogP contribution in [-0.4, -0.2) is 37.6 Å². The lowest BCUT2D eigenvalue weighted by Gasteiger charge is -2.16. The van der Waals surface area contributed by atoms with E-state index in [2.05, 4.69) is 5.32 Å². The second-order valence-corrected chi connectivity index (χ2v) is 4.28. The Morgan fingerprint density at radius 3 is 2.32 bits per heavy atom. The van der Waals surface area contributed by atoms with Crippen molar-refractivity contribution in [3.8, 4) is 6.07 Å². The monoisotopic (exact) mass is 284 g/mol. The van der Waals surface area contributed by atoms with Crippen LogP contribution in [-0.2, 0) is 19.1 Å². The number of amides is 1. The molecule has 0 spiro atoms. The highest BCUT2D eigenvalue weighted by Crippen LogP contribution is 2.28. The summed E-state index contributed by atoms with van der Waals surface area (Å²) in [5.41, 5.74) is -0.247. The number of likely N-dealkylation sites (N-methyl/N-ethyl adjacent to an activating group) is 1. The number of thioether (sulfide) groups is 1. The second kappa shape index (κ2) is 8.32. The van der Waals surface area contributed by atoms with Crippen molar-refractivity contribution in [3.63, 3.8) is 0 Å². The quantitative estimate of drug-likeness (QED) is 0.333. The maximum atomic E-state index is 11.8. The van der Waals surface area contributed by atoms with Gasteiger partial charge in [0, 0.05) is 12.0 Å². The average molecular weight is 284 g/mol. The first-order valence-corrected chi connectivity index (χ1v) is 6.74. The van der Waals surface area contributed by atoms with Crippen molar-refractivity contribution >= 4 is 29.4 Å². The van der Waals surface area contributed by atoms with Crippen LogP contribution in [0, 0.1) is 17.2 Å². The number of ketones is 1. The minimum absolute atomic E-state index is 0.104. The van der Waals surface area contributed by atoms with Gasteiger partial charge in [0.05, 0.1) is 6.61 Å². The van der Waals surface area contributed by atoms with E-state index in [1.54, 1.807) is 19.2 Å². The summed E-state index contributed by atoms with van der Waals surface area (Å²) in [4.78, 5) is 35.1. The zero-order valence-corrected chi connectivity index (χ0v) is 12.1. The van der Waals surface area contributed by atoms with Crippen LogP contribution < -0.4 is 5.32 Å². The van der Waals surface area contributed by atoms with Gasteiger partial charge >= 0.3 is 5.97 Å². The molecule has 1 amide bonds. The molecule has 0 fully saturated rings. The van der Waals surface area contributed by atoms with Crippen LogP contribution in [0.15, 0.2) is 10.5 Å². The number of rotatable bonds is 6. The number of hydrogen-bond donors (Lipinski definition) is 1. The Morgan fingerprint density at radius 2 is 2.00 bits per heavy atom. The maximum absolute atomic E-state index is 11.8. The summed E-state index contributed by atoms with van der Waals surface area (Å²) in [6.45, 7) is 2.95. The molecule has 19 heavy (non-hydrogen) atoms. The number of nitrogens with one attached hydrogen (secondary N) is 1. The first kappa shape index (κ1) is 17.2. The summed E-state index contributed by atoms with van der Waals surface area (Å²) < 4.78 is 4.81. The van der Waals surface area contributed by atoms with Crippen LogP contribution in [0.25, 0.3) is 0 Å². The largest absolute Gasteiger partial charge is 0.465 e. The number of ether oxygens (including phenoxy) is 1. The second-order valence-electron chi connectivity index (χ2n) is 3.43. The predicted molar refractivity (Wildman–Crippen MR) is 71.0 cm³/mol. The number of carbonyl (C=O) groups is 3. The Kier molecular flexibility index (Phi) is 7.53. The van der Waals surface area contributed by atoms with Crippen LogP contribution in [0.1, 0.15) is 13.8 Å². The van der Waals surface area contributed by atoms with Crippen LogP contribution in [0.2, 0.25) is 0 Å². The molecule has 0 radical (unpaired) electrons. The highest BCUT2D eigenvalue weighted by molar-refractivity contribution is 8.02. The molecule has 0 aliphatic rings. The first-order chi connectivity index (χ1) is 8.94. The molecule has 0 aliphatic heterocycles. The predicted octanol–water partition coefficient (Wildman–Crippen LogP) is 0.641. The van der Waals surface area contributed by atoms with Crippen LogP contribution >= 0.6 is 11.8 Å². The number of esters is 1. The van der Waals surface area contributed by atoms with Gasteiger partial charge in [-0.1, -0.05) is 0 Å². The molecule has 0 rings (SSSR count). The van der Waals surface area contributed by atoms with Crippen LogP contribution in [0.5, 0.6) is 0 Å². The van der Waals surface area contributed by atoms with E-state index in [9.17, 15) is 14.4 Å². The van der Waals surface area contributed by atoms with Gasteiger partial charge in [0.15, 0.2) is 0 Å². The molecular formula is C12H16N2O4S. The lowest BCUT2D eigenvalue weighted by atomic mass is 10.0. The third-order valence-corrected chi connectivity index (χ3v) is 3.10. The van der Waals surface area contributed by atoms with Gasteiger partial charge in [-0.25, -0.2) is 0 Å². The van der Waals surface area contributed by atoms with E-state index in [1.807, 2.05) is 0 Å². The van der Waals surface area contributed by atoms with Crippen molar-refractivity contribution in [2.24, 2.45) is 5.92 Å². The molecule has 6 nitrogen and oxygen atoms in total. The van der Waals surface area contributed by atoms with E-state index in [1.165, 1.54) is 14.0 Å². The zero-order chi connectivity index (χ0) is 15.0. The highest BCUT2D eigenvalue weighted by Gasteiger charge is 2.32. The van der Waals surface area contributed by atoms with Gasteiger partial charge in [-0.05, 0) is 20.1 Å². The number of carbonyl (C=O) groups excluding carboxylic acids is 3. The maximum Gasteiger partial charge on any atom is 0.321 e. The molecule has 104 valence electrons. The summed E-state index contributed by atoms with van der Waals surface area (Å²) in [5, 5.41) is 11.3. The number of nitriles is 1. The number of Topliss-reactive ketones (excluding diaryl/α,β-unsaturated/α-hetero) is 1. The normalized spacial score (nSPS) is 12.8. The van der Waals surface area contributed by atoms with Crippen molar-refractivity contribution in [1.29, 1.82) is 5.26 Å². The third-order valence-electron chi connectivity index (χ3n) is 2.22. The van der Waals surface area contributed by atoms with Gasteiger partial charge in [0.1, 0.15) is 23.3 Å². The Hall–Kier alpha value is -1.81. The summed E-state index contributed by atoms with van der Waals surface area (Å²) >= 11 is 1.01. The molecule has 0 aromatic carbocycles. The first-order valence-electron chi connectivity index (χ1n) is 5.51. The molecule has 0 saturated carbocycles. The standard InChI is InChI=1S/C12H16N2O4S/c1-5-18-12(17)9(7(2)15)10(19-4)8(6-13)11(16)14-3/h9H,5H2,1-4H3,(H,14,16)/b10-8-. The lowest BCUT2D eigenvalue weighted by molar-refractivity contribution is -0.149. The minimum atomic E-state index is -1.23. The Labute approximate surface area is 116 Å². The molecule has 1 atom stereocenters. The Bertz CT molecular complexity index is 451. The summed E-state index contributed by atoms with van der Waals surface area (Å²) in [7, 11) is 1.37. The van der Waals surface area contributed by atoms with E-state index in [0.29, 0.717) is 0 Å². The Morgan fingerprint density at radius 1 is 1.42 bits per heavy atom. The summed E-state index contributed by atoms with van der Waals surface area (Å²) in [5.74, 6) is -3.10. The van der Waals surface area contributed by atoms with Crippen molar-refractivity contribution < 1.29 is 19.1 Å². The van der Waals surface area contributed by atoms with E-state index >= 15 is 0 Å². The molecule has 0 saturated heterocycles. The van der Waals surface area contributed by atoms with Crippen LogP contribution in [0.4, 0.5) is 0 Å². The Balaban J connectivity index is 5.79. The molecule has 1 unspecified atom stereocenters. The van der Waals surface area contributed by atoms with Gasteiger partial charge < -0.3 is 10.1 Å². The van der Waals surface area contributed by atoms with Crippen molar-refractivity contribution in [1.82, 2.24) is 5.32 Å². The molecular weight excluding hydrogens is 268 g/mol. The topological polar surface area (TPSA) is 96.3 Å². The molecule has 0 aromatic rings. The van der Waals surface area contributed by atoms with Crippen molar-refractivity contribution in [2.75, 3.05) is 19.9 Å². The fraction of sp³-hybridized carbons (Fsp3) is 0.500. The minimum Gasteiger partial charge on any atom is -0.465 e. The van der Waals surface area contributed by atoms with Gasteiger partial charge in [-0.3, -0.25) is 14.4 Å².